The highest BCUT2D eigenvalue weighted by Crippen LogP contribution is 2.30. The molecule has 20 heavy (non-hydrogen) atoms. The molecule has 0 heterocycles. The smallest absolute Gasteiger partial charge is 0.336 e. The van der Waals surface area contributed by atoms with Gasteiger partial charge in [-0.05, 0) is 35.4 Å². The Hall–Kier alpha value is -2.47. The van der Waals surface area contributed by atoms with E-state index >= 15 is 0 Å². The maximum atomic E-state index is 13.3. The second kappa shape index (κ2) is 5.26. The number of carboxylic acid groups (broad SMARTS) is 1. The standard InChI is InChI=1S/C13H7ClFNO4/c14-8-3-7(4-9(15)5-8)11-2-1-10(16(19)20)6-12(11)13(17)18/h1-6H,(H,17,18). The number of benzene rings is 2. The van der Waals surface area contributed by atoms with E-state index in [-0.39, 0.29) is 27.4 Å². The fourth-order valence-electron chi connectivity index (χ4n) is 1.78. The lowest BCUT2D eigenvalue weighted by atomic mass is 9.99. The van der Waals surface area contributed by atoms with Crippen LogP contribution >= 0.6 is 11.6 Å². The van der Waals surface area contributed by atoms with E-state index in [1.807, 2.05) is 0 Å². The minimum Gasteiger partial charge on any atom is -0.478 e. The fourth-order valence-corrected chi connectivity index (χ4v) is 2.01. The Labute approximate surface area is 117 Å². The number of halogens is 2. The third-order valence-corrected chi connectivity index (χ3v) is 2.84. The van der Waals surface area contributed by atoms with Gasteiger partial charge in [0.25, 0.3) is 5.69 Å². The Balaban J connectivity index is 2.67. The van der Waals surface area contributed by atoms with Gasteiger partial charge in [-0.15, -0.1) is 0 Å². The zero-order valence-electron chi connectivity index (χ0n) is 9.84. The molecule has 0 aliphatic rings. The Bertz CT molecular complexity index is 697. The lowest BCUT2D eigenvalue weighted by Crippen LogP contribution is -2.01. The minimum absolute atomic E-state index is 0.106. The Morgan fingerprint density at radius 3 is 2.50 bits per heavy atom. The summed E-state index contributed by atoms with van der Waals surface area (Å²) < 4.78 is 13.3. The van der Waals surface area contributed by atoms with Crippen LogP contribution < -0.4 is 0 Å². The molecule has 0 aliphatic carbocycles. The van der Waals surface area contributed by atoms with Crippen molar-refractivity contribution in [3.63, 3.8) is 0 Å². The van der Waals surface area contributed by atoms with Crippen LogP contribution in [0.1, 0.15) is 10.4 Å². The molecule has 0 unspecified atom stereocenters. The van der Waals surface area contributed by atoms with Gasteiger partial charge in [0.05, 0.1) is 10.5 Å². The summed E-state index contributed by atoms with van der Waals surface area (Å²) in [5.74, 6) is -1.97. The zero-order valence-corrected chi connectivity index (χ0v) is 10.6. The van der Waals surface area contributed by atoms with Gasteiger partial charge in [-0.3, -0.25) is 10.1 Å². The SMILES string of the molecule is O=C(O)c1cc([N+](=O)[O-])ccc1-c1cc(F)cc(Cl)c1. The van der Waals surface area contributed by atoms with E-state index in [0.29, 0.717) is 0 Å². The average Bonchev–Trinajstić information content (AvgIpc) is 2.36. The van der Waals surface area contributed by atoms with Crippen molar-refractivity contribution in [1.82, 2.24) is 0 Å². The number of aromatic carboxylic acids is 1. The maximum Gasteiger partial charge on any atom is 0.336 e. The van der Waals surface area contributed by atoms with E-state index in [4.69, 9.17) is 16.7 Å². The van der Waals surface area contributed by atoms with Crippen LogP contribution in [0.4, 0.5) is 10.1 Å². The van der Waals surface area contributed by atoms with Crippen molar-refractivity contribution in [3.8, 4) is 11.1 Å². The fraction of sp³-hybridized carbons (Fsp3) is 0. The first-order valence-corrected chi connectivity index (χ1v) is 5.74. The summed E-state index contributed by atoms with van der Waals surface area (Å²) in [6.07, 6.45) is 0. The van der Waals surface area contributed by atoms with Gasteiger partial charge in [-0.25, -0.2) is 9.18 Å². The summed E-state index contributed by atoms with van der Waals surface area (Å²) in [5, 5.41) is 19.9. The number of nitro groups is 1. The molecule has 0 aliphatic heterocycles. The van der Waals surface area contributed by atoms with Crippen molar-refractivity contribution in [2.75, 3.05) is 0 Å². The third kappa shape index (κ3) is 2.75. The van der Waals surface area contributed by atoms with Gasteiger partial charge in [-0.1, -0.05) is 11.6 Å². The van der Waals surface area contributed by atoms with E-state index in [1.165, 1.54) is 12.1 Å². The molecule has 2 aromatic carbocycles. The molecule has 0 fully saturated rings. The number of rotatable bonds is 3. The zero-order chi connectivity index (χ0) is 14.9. The molecule has 0 saturated heterocycles. The molecule has 0 atom stereocenters. The molecule has 2 aromatic rings. The van der Waals surface area contributed by atoms with Crippen LogP contribution in [-0.2, 0) is 0 Å². The van der Waals surface area contributed by atoms with Crippen molar-refractivity contribution in [3.05, 3.63) is 62.9 Å². The number of hydrogen-bond acceptors (Lipinski definition) is 3. The van der Waals surface area contributed by atoms with Crippen molar-refractivity contribution < 1.29 is 19.2 Å². The number of nitrogens with zero attached hydrogens (tertiary/aromatic N) is 1. The Morgan fingerprint density at radius 1 is 1.25 bits per heavy atom. The summed E-state index contributed by atoms with van der Waals surface area (Å²) in [4.78, 5) is 21.2. The van der Waals surface area contributed by atoms with Crippen molar-refractivity contribution in [2.45, 2.75) is 0 Å². The van der Waals surface area contributed by atoms with Gasteiger partial charge in [0.1, 0.15) is 5.82 Å². The highest BCUT2D eigenvalue weighted by atomic mass is 35.5. The molecule has 102 valence electrons. The molecular formula is C13H7ClFNO4. The first kappa shape index (κ1) is 14.0. The van der Waals surface area contributed by atoms with E-state index in [2.05, 4.69) is 0 Å². The summed E-state index contributed by atoms with van der Waals surface area (Å²) in [6.45, 7) is 0. The van der Waals surface area contributed by atoms with Crippen molar-refractivity contribution >= 4 is 23.3 Å². The molecule has 0 bridgehead atoms. The molecule has 7 heteroatoms. The van der Waals surface area contributed by atoms with Gasteiger partial charge in [-0.2, -0.15) is 0 Å². The van der Waals surface area contributed by atoms with Gasteiger partial charge in [0, 0.05) is 17.2 Å². The summed E-state index contributed by atoms with van der Waals surface area (Å²) in [6, 6.07) is 6.92. The molecule has 0 radical (unpaired) electrons. The van der Waals surface area contributed by atoms with Crippen LogP contribution in [0, 0.1) is 15.9 Å². The topological polar surface area (TPSA) is 80.4 Å². The van der Waals surface area contributed by atoms with Crippen LogP contribution in [0.2, 0.25) is 5.02 Å². The highest BCUT2D eigenvalue weighted by Gasteiger charge is 2.17. The summed E-state index contributed by atoms with van der Waals surface area (Å²) >= 11 is 5.72. The van der Waals surface area contributed by atoms with Crippen molar-refractivity contribution in [1.29, 1.82) is 0 Å². The van der Waals surface area contributed by atoms with Gasteiger partial charge in [0.15, 0.2) is 0 Å². The lowest BCUT2D eigenvalue weighted by Gasteiger charge is -2.07. The highest BCUT2D eigenvalue weighted by molar-refractivity contribution is 6.30. The van der Waals surface area contributed by atoms with E-state index in [0.717, 1.165) is 24.3 Å². The molecule has 5 nitrogen and oxygen atoms in total. The predicted octanol–water partition coefficient (Wildman–Crippen LogP) is 3.75. The second-order valence-corrected chi connectivity index (χ2v) is 4.39. The molecule has 0 amide bonds. The van der Waals surface area contributed by atoms with Crippen LogP contribution in [-0.4, -0.2) is 16.0 Å². The predicted molar refractivity (Wildman–Crippen MR) is 70.5 cm³/mol. The summed E-state index contributed by atoms with van der Waals surface area (Å²) in [5.41, 5.74) is -0.249. The normalized spacial score (nSPS) is 10.3. The quantitative estimate of drug-likeness (QED) is 0.690. The van der Waals surface area contributed by atoms with Crippen molar-refractivity contribution in [2.24, 2.45) is 0 Å². The van der Waals surface area contributed by atoms with E-state index < -0.39 is 16.7 Å². The first-order chi connectivity index (χ1) is 9.38. The van der Waals surface area contributed by atoms with Gasteiger partial charge in [0.2, 0.25) is 0 Å². The lowest BCUT2D eigenvalue weighted by molar-refractivity contribution is -0.384. The van der Waals surface area contributed by atoms with E-state index in [9.17, 15) is 19.3 Å². The van der Waals surface area contributed by atoms with Crippen LogP contribution in [0.15, 0.2) is 36.4 Å². The monoisotopic (exact) mass is 295 g/mol. The van der Waals surface area contributed by atoms with Crippen LogP contribution in [0.25, 0.3) is 11.1 Å². The summed E-state index contributed by atoms with van der Waals surface area (Å²) in [7, 11) is 0. The van der Waals surface area contributed by atoms with E-state index in [1.54, 1.807) is 0 Å². The van der Waals surface area contributed by atoms with Gasteiger partial charge < -0.3 is 5.11 Å². The molecule has 1 N–H and O–H groups in total. The Morgan fingerprint density at radius 2 is 1.95 bits per heavy atom. The molecular weight excluding hydrogens is 289 g/mol. The van der Waals surface area contributed by atoms with Crippen LogP contribution in [0.5, 0.6) is 0 Å². The molecule has 2 rings (SSSR count). The largest absolute Gasteiger partial charge is 0.478 e. The van der Waals surface area contributed by atoms with Crippen LogP contribution in [0.3, 0.4) is 0 Å². The molecule has 0 spiro atoms. The molecule has 0 saturated carbocycles. The number of non-ortho nitro benzene ring substituents is 1. The minimum atomic E-state index is -1.34. The van der Waals surface area contributed by atoms with Gasteiger partial charge >= 0.3 is 5.97 Å². The number of carbonyl (C=O) groups is 1. The third-order valence-electron chi connectivity index (χ3n) is 2.62. The number of carboxylic acids is 1. The number of nitro benzene ring substituents is 1. The molecule has 0 aromatic heterocycles. The second-order valence-electron chi connectivity index (χ2n) is 3.95. The maximum absolute atomic E-state index is 13.3. The Kier molecular flexibility index (Phi) is 3.67. The average molecular weight is 296 g/mol. The number of hydrogen-bond donors (Lipinski definition) is 1. The first-order valence-electron chi connectivity index (χ1n) is 5.36.